The van der Waals surface area contributed by atoms with Crippen molar-refractivity contribution in [3.05, 3.63) is 497 Å². The fourth-order valence-electron chi connectivity index (χ4n) is 21.3. The lowest BCUT2D eigenvalue weighted by molar-refractivity contribution is 1.08. The van der Waals surface area contributed by atoms with Crippen LogP contribution in [0.15, 0.2) is 497 Å². The summed E-state index contributed by atoms with van der Waals surface area (Å²) in [6, 6.07) is 179. The highest BCUT2D eigenvalue weighted by atomic mass is 32.1. The van der Waals surface area contributed by atoms with E-state index in [1.54, 1.807) is 0 Å². The van der Waals surface area contributed by atoms with Gasteiger partial charge in [0.05, 0.1) is 0 Å². The Balaban J connectivity index is 0.000000142. The molecule has 0 aliphatic heterocycles. The third-order valence-corrected chi connectivity index (χ3v) is 30.5. The molecule has 6 nitrogen and oxygen atoms in total. The summed E-state index contributed by atoms with van der Waals surface area (Å²) >= 11 is 3.72. The Morgan fingerprint density at radius 2 is 0.282 bits per heavy atom. The second kappa shape index (κ2) is 35.1. The van der Waals surface area contributed by atoms with Crippen LogP contribution in [-0.2, 0) is 0 Å². The molecule has 0 saturated heterocycles. The molecule has 0 aliphatic carbocycles. The smallest absolute Gasteiger partial charge is 0.164 e. The zero-order chi connectivity index (χ0) is 93.7. The summed E-state index contributed by atoms with van der Waals surface area (Å²) in [5.74, 6) is 3.91. The maximum atomic E-state index is 5.08. The van der Waals surface area contributed by atoms with Gasteiger partial charge in [0.1, 0.15) is 0 Å². The van der Waals surface area contributed by atoms with Crippen LogP contribution in [0.3, 0.4) is 0 Å². The predicted octanol–water partition coefficient (Wildman–Crippen LogP) is 37.0. The van der Waals surface area contributed by atoms with Gasteiger partial charge in [-0.2, -0.15) is 0 Å². The van der Waals surface area contributed by atoms with E-state index in [1.165, 1.54) is 194 Å². The highest BCUT2D eigenvalue weighted by Crippen LogP contribution is 2.48. The third-order valence-electron chi connectivity index (χ3n) is 28.2. The van der Waals surface area contributed by atoms with Gasteiger partial charge in [0.25, 0.3) is 0 Å². The van der Waals surface area contributed by atoms with E-state index in [2.05, 4.69) is 376 Å². The van der Waals surface area contributed by atoms with Crippen molar-refractivity contribution < 1.29 is 0 Å². The molecule has 4 aromatic heterocycles. The summed E-state index contributed by atoms with van der Waals surface area (Å²) in [7, 11) is 0. The number of hydrogen-bond acceptors (Lipinski definition) is 8. The van der Waals surface area contributed by atoms with Gasteiger partial charge in [0.2, 0.25) is 0 Å². The molecule has 0 bridgehead atoms. The van der Waals surface area contributed by atoms with Gasteiger partial charge < -0.3 is 0 Å². The largest absolute Gasteiger partial charge is 0.208 e. The van der Waals surface area contributed by atoms with Gasteiger partial charge in [-0.25, -0.2) is 29.9 Å². The monoisotopic (exact) mass is 1840 g/mol. The Bertz CT molecular complexity index is 9240. The first-order valence-corrected chi connectivity index (χ1v) is 49.8. The van der Waals surface area contributed by atoms with Gasteiger partial charge in [0, 0.05) is 73.7 Å². The molecular weight excluding hydrogens is 1760 g/mol. The lowest BCUT2D eigenvalue weighted by Crippen LogP contribution is -2.00. The molecule has 4 heterocycles. The first-order valence-electron chi connectivity index (χ1n) is 48.1. The number of fused-ring (bicyclic) bond motifs is 20. The van der Waals surface area contributed by atoms with E-state index < -0.39 is 0 Å². The molecule has 0 spiro atoms. The van der Waals surface area contributed by atoms with Crippen molar-refractivity contribution in [1.82, 2.24) is 29.9 Å². The Labute approximate surface area is 827 Å². The SMILES string of the molecule is c1ccc(-c2nc(-c3ccccc3)nc(-c3ccc(-c4ccc5c(c4)sc4cc(-c6cccc(-c7cccc(-c8ccc9c%10ccccc%10c%10ccccc%10c9c8)c7)c6)ccc45)c4ccccc34)n2)cc1.c1ccc(-c2nc(-c3ccccc3)nc(-c3cccc4c(-c5ccc6c(c5)sc5cc(-c7cccc(-c8cccc(-c9ccc%10c%11ccccc%11c%11ccccc%11c%10c9)c8)c7)ccc56)cccc34)n2)cc1. The molecule has 0 unspecified atom stereocenters. The van der Waals surface area contributed by atoms with Crippen LogP contribution in [0, 0.1) is 0 Å². The maximum absolute atomic E-state index is 5.08. The Morgan fingerprint density at radius 1 is 0.0986 bits per heavy atom. The van der Waals surface area contributed by atoms with Crippen molar-refractivity contribution >= 4 is 149 Å². The quantitative estimate of drug-likeness (QED) is 0.101. The van der Waals surface area contributed by atoms with Gasteiger partial charge in [-0.3, -0.25) is 0 Å². The van der Waals surface area contributed by atoms with Crippen molar-refractivity contribution in [2.24, 2.45) is 0 Å². The zero-order valence-corrected chi connectivity index (χ0v) is 78.5. The number of nitrogens with zero attached hydrogens (tertiary/aromatic N) is 6. The average Bonchev–Trinajstić information content (AvgIpc) is 1.18. The number of hydrogen-bond donors (Lipinski definition) is 0. The van der Waals surface area contributed by atoms with Crippen molar-refractivity contribution in [3.63, 3.8) is 0 Å². The lowest BCUT2D eigenvalue weighted by atomic mass is 9.91. The van der Waals surface area contributed by atoms with Crippen LogP contribution in [0.25, 0.3) is 284 Å². The van der Waals surface area contributed by atoms with Crippen molar-refractivity contribution in [1.29, 1.82) is 0 Å². The van der Waals surface area contributed by atoms with Crippen LogP contribution in [0.2, 0.25) is 0 Å². The van der Waals surface area contributed by atoms with Crippen LogP contribution in [0.5, 0.6) is 0 Å². The van der Waals surface area contributed by atoms with E-state index in [1.807, 2.05) is 144 Å². The molecule has 0 atom stereocenters. The van der Waals surface area contributed by atoms with Crippen LogP contribution in [-0.4, -0.2) is 29.9 Å². The Hall–Kier alpha value is -18.2. The van der Waals surface area contributed by atoms with E-state index in [0.29, 0.717) is 34.9 Å². The minimum Gasteiger partial charge on any atom is -0.208 e. The van der Waals surface area contributed by atoms with E-state index >= 15 is 0 Å². The van der Waals surface area contributed by atoms with Crippen LogP contribution >= 0.6 is 22.7 Å². The first kappa shape index (κ1) is 83.2. The number of aromatic nitrogens is 6. The second-order valence-corrected chi connectivity index (χ2v) is 38.7. The summed E-state index contributed by atoms with van der Waals surface area (Å²) in [6.45, 7) is 0. The van der Waals surface area contributed by atoms with E-state index in [9.17, 15) is 0 Å². The van der Waals surface area contributed by atoms with E-state index in [4.69, 9.17) is 29.9 Å². The summed E-state index contributed by atoms with van der Waals surface area (Å²) in [5.41, 5.74) is 24.9. The molecule has 0 saturated carbocycles. The summed E-state index contributed by atoms with van der Waals surface area (Å²) < 4.78 is 5.08. The lowest BCUT2D eigenvalue weighted by Gasteiger charge is -2.13. The molecule has 0 fully saturated rings. The molecule has 0 N–H and O–H groups in total. The standard InChI is InChI=1S/2C67H41N3S/c1-3-15-42(16-4-1)65-68-66(43-17-5-2-6-18-43)70-67(69-65)61-36-35-51(52-23-7-11-27-56(52)61)50-31-34-60-59-33-30-49(40-63(59)71-64(60)41-50)47-22-14-20-45(38-47)44-19-13-21-46(37-44)48-29-32-58-55-26-9-8-24-53(55)54-25-10-12-28-57(54)62(58)39-48;1-3-15-42(16-4-1)65-68-66(43-17-5-2-6-18-43)70-67(69-65)61-30-14-28-52-51(27-13-29-56(52)61)50-33-36-60-59-35-32-49(40-63(59)71-64(60)41-50)47-22-12-20-45(38-47)44-19-11-21-46(37-44)48-31-34-58-55-25-8-7-23-53(55)54-24-9-10-26-57(54)62(58)39-48/h2*1-41H. The maximum Gasteiger partial charge on any atom is 0.164 e. The fourth-order valence-corrected chi connectivity index (χ4v) is 23.7. The minimum absolute atomic E-state index is 0.652. The van der Waals surface area contributed by atoms with Gasteiger partial charge in [0.15, 0.2) is 34.9 Å². The van der Waals surface area contributed by atoms with Gasteiger partial charge >= 0.3 is 0 Å². The van der Waals surface area contributed by atoms with Crippen molar-refractivity contribution in [2.45, 2.75) is 0 Å². The summed E-state index contributed by atoms with van der Waals surface area (Å²) in [4.78, 5) is 30.2. The molecule has 28 rings (SSSR count). The Kier molecular flexibility index (Phi) is 20.6. The van der Waals surface area contributed by atoms with Gasteiger partial charge in [-0.15, -0.1) is 22.7 Å². The number of benzene rings is 24. The normalized spacial score (nSPS) is 11.7. The third kappa shape index (κ3) is 15.0. The van der Waals surface area contributed by atoms with Crippen LogP contribution in [0.4, 0.5) is 0 Å². The molecule has 0 radical (unpaired) electrons. The molecule has 660 valence electrons. The molecule has 0 aliphatic rings. The fraction of sp³-hybridized carbons (Fsp3) is 0. The highest BCUT2D eigenvalue weighted by molar-refractivity contribution is 7.26. The highest BCUT2D eigenvalue weighted by Gasteiger charge is 2.23. The molecule has 142 heavy (non-hydrogen) atoms. The van der Waals surface area contributed by atoms with Gasteiger partial charge in [-0.1, -0.05) is 431 Å². The van der Waals surface area contributed by atoms with Gasteiger partial charge in [-0.05, 0) is 242 Å². The molecule has 0 amide bonds. The van der Waals surface area contributed by atoms with E-state index in [0.717, 1.165) is 54.9 Å². The van der Waals surface area contributed by atoms with Crippen LogP contribution < -0.4 is 0 Å². The summed E-state index contributed by atoms with van der Waals surface area (Å²) in [6.07, 6.45) is 0. The average molecular weight is 1840 g/mol. The van der Waals surface area contributed by atoms with Crippen LogP contribution in [0.1, 0.15) is 0 Å². The molecule has 28 aromatic rings. The second-order valence-electron chi connectivity index (χ2n) is 36.6. The molecule has 24 aromatic carbocycles. The molecular formula is C134H82N6S2. The number of rotatable bonds is 14. The number of thiophene rings is 2. The topological polar surface area (TPSA) is 77.3 Å². The minimum atomic E-state index is 0.652. The van der Waals surface area contributed by atoms with Crippen molar-refractivity contribution in [2.75, 3.05) is 0 Å². The van der Waals surface area contributed by atoms with Crippen molar-refractivity contribution in [3.8, 4) is 157 Å². The first-order chi connectivity index (χ1) is 70.3. The summed E-state index contributed by atoms with van der Waals surface area (Å²) in [5, 5.41) is 25.1. The predicted molar refractivity (Wildman–Crippen MR) is 602 cm³/mol. The van der Waals surface area contributed by atoms with E-state index in [-0.39, 0.29) is 0 Å². The zero-order valence-electron chi connectivity index (χ0n) is 76.8. The Morgan fingerprint density at radius 3 is 0.592 bits per heavy atom. The molecule has 8 heteroatoms.